The molecular weight excluding hydrogens is 276 g/mol. The number of nitrogens with zero attached hydrogens (tertiary/aromatic N) is 2. The fraction of sp³-hybridized carbons (Fsp3) is 0.357. The van der Waals surface area contributed by atoms with E-state index in [1.165, 1.54) is 0 Å². The van der Waals surface area contributed by atoms with Gasteiger partial charge in [0.15, 0.2) is 5.82 Å². The highest BCUT2D eigenvalue weighted by atomic mass is 35.5. The summed E-state index contributed by atoms with van der Waals surface area (Å²) in [6.45, 7) is 5.70. The number of carbonyl (C=O) groups is 1. The van der Waals surface area contributed by atoms with E-state index < -0.39 is 0 Å². The van der Waals surface area contributed by atoms with Gasteiger partial charge in [0.05, 0.1) is 6.04 Å². The van der Waals surface area contributed by atoms with Gasteiger partial charge in [-0.2, -0.15) is 5.10 Å². The predicted octanol–water partition coefficient (Wildman–Crippen LogP) is 2.96. The van der Waals surface area contributed by atoms with Crippen molar-refractivity contribution >= 4 is 17.5 Å². The molecule has 2 N–H and O–H groups in total. The number of nitrogens with one attached hydrogen (secondary N) is 2. The van der Waals surface area contributed by atoms with Crippen LogP contribution in [-0.2, 0) is 0 Å². The van der Waals surface area contributed by atoms with Crippen molar-refractivity contribution in [2.45, 2.75) is 33.2 Å². The second kappa shape index (κ2) is 6.05. The molecule has 0 aliphatic rings. The number of halogens is 1. The first-order valence-electron chi connectivity index (χ1n) is 6.46. The first-order valence-corrected chi connectivity index (χ1v) is 6.84. The Balaban J connectivity index is 2.17. The smallest absolute Gasteiger partial charge is 0.251 e. The lowest BCUT2D eigenvalue weighted by Crippen LogP contribution is -2.29. The van der Waals surface area contributed by atoms with E-state index in [1.54, 1.807) is 12.1 Å². The SMILES string of the molecule is CC[C@@H](NC(=O)c1cc(C)cc(Cl)c1)c1n[nH]c(C)n1. The van der Waals surface area contributed by atoms with Gasteiger partial charge in [0, 0.05) is 10.6 Å². The highest BCUT2D eigenvalue weighted by molar-refractivity contribution is 6.31. The summed E-state index contributed by atoms with van der Waals surface area (Å²) in [5.41, 5.74) is 1.49. The molecule has 0 saturated heterocycles. The van der Waals surface area contributed by atoms with Crippen molar-refractivity contribution in [3.63, 3.8) is 0 Å². The number of hydrogen-bond acceptors (Lipinski definition) is 3. The van der Waals surface area contributed by atoms with E-state index in [2.05, 4.69) is 20.5 Å². The number of aromatic amines is 1. The molecule has 20 heavy (non-hydrogen) atoms. The van der Waals surface area contributed by atoms with Crippen molar-refractivity contribution in [3.05, 3.63) is 46.0 Å². The van der Waals surface area contributed by atoms with Gasteiger partial charge < -0.3 is 5.32 Å². The topological polar surface area (TPSA) is 70.7 Å². The molecule has 0 aliphatic heterocycles. The zero-order valence-electron chi connectivity index (χ0n) is 11.7. The minimum absolute atomic E-state index is 0.176. The fourth-order valence-corrected chi connectivity index (χ4v) is 2.26. The van der Waals surface area contributed by atoms with Crippen LogP contribution in [0.25, 0.3) is 0 Å². The maximum absolute atomic E-state index is 12.3. The summed E-state index contributed by atoms with van der Waals surface area (Å²) >= 11 is 5.98. The van der Waals surface area contributed by atoms with Crippen LogP contribution in [0.1, 0.15) is 47.0 Å². The molecule has 1 amide bonds. The third kappa shape index (κ3) is 3.36. The van der Waals surface area contributed by atoms with Gasteiger partial charge in [-0.3, -0.25) is 9.89 Å². The largest absolute Gasteiger partial charge is 0.342 e. The number of amides is 1. The number of benzene rings is 1. The lowest BCUT2D eigenvalue weighted by atomic mass is 10.1. The number of rotatable bonds is 4. The molecule has 2 aromatic rings. The minimum atomic E-state index is -0.216. The molecule has 106 valence electrons. The summed E-state index contributed by atoms with van der Waals surface area (Å²) in [5.74, 6) is 1.15. The highest BCUT2D eigenvalue weighted by Gasteiger charge is 2.18. The quantitative estimate of drug-likeness (QED) is 0.910. The van der Waals surface area contributed by atoms with E-state index in [0.717, 1.165) is 11.4 Å². The summed E-state index contributed by atoms with van der Waals surface area (Å²) in [5, 5.41) is 10.4. The summed E-state index contributed by atoms with van der Waals surface area (Å²) in [4.78, 5) is 16.5. The number of carbonyl (C=O) groups excluding carboxylic acids is 1. The van der Waals surface area contributed by atoms with Crippen LogP contribution in [0.4, 0.5) is 0 Å². The average Bonchev–Trinajstić information content (AvgIpc) is 2.81. The zero-order chi connectivity index (χ0) is 14.7. The zero-order valence-corrected chi connectivity index (χ0v) is 12.5. The number of aromatic nitrogens is 3. The molecule has 0 radical (unpaired) electrons. The molecule has 0 fully saturated rings. The second-order valence-electron chi connectivity index (χ2n) is 4.73. The van der Waals surface area contributed by atoms with Crippen molar-refractivity contribution in [1.29, 1.82) is 0 Å². The molecule has 0 bridgehead atoms. The molecule has 0 unspecified atom stereocenters. The molecule has 1 aromatic carbocycles. The number of hydrogen-bond donors (Lipinski definition) is 2. The fourth-order valence-electron chi connectivity index (χ4n) is 1.97. The van der Waals surface area contributed by atoms with Crippen LogP contribution < -0.4 is 5.32 Å². The maximum Gasteiger partial charge on any atom is 0.251 e. The highest BCUT2D eigenvalue weighted by Crippen LogP contribution is 2.17. The molecule has 0 spiro atoms. The van der Waals surface area contributed by atoms with E-state index in [0.29, 0.717) is 22.8 Å². The molecular formula is C14H17ClN4O. The van der Waals surface area contributed by atoms with Crippen LogP contribution in [0.2, 0.25) is 5.02 Å². The summed E-state index contributed by atoms with van der Waals surface area (Å²) in [6, 6.07) is 5.05. The van der Waals surface area contributed by atoms with Crippen LogP contribution in [-0.4, -0.2) is 21.1 Å². The van der Waals surface area contributed by atoms with E-state index in [9.17, 15) is 4.79 Å². The van der Waals surface area contributed by atoms with Crippen molar-refractivity contribution in [3.8, 4) is 0 Å². The van der Waals surface area contributed by atoms with Crippen molar-refractivity contribution < 1.29 is 4.79 Å². The minimum Gasteiger partial charge on any atom is -0.342 e. The molecule has 1 aromatic heterocycles. The van der Waals surface area contributed by atoms with Crippen molar-refractivity contribution in [1.82, 2.24) is 20.5 Å². The number of H-pyrrole nitrogens is 1. The third-order valence-corrected chi connectivity index (χ3v) is 3.16. The van der Waals surface area contributed by atoms with Gasteiger partial charge in [0.2, 0.25) is 0 Å². The molecule has 0 aliphatic carbocycles. The first-order chi connectivity index (χ1) is 9.49. The maximum atomic E-state index is 12.3. The standard InChI is InChI=1S/C14H17ClN4O/c1-4-12(13-16-9(3)18-19-13)17-14(20)10-5-8(2)6-11(15)7-10/h5-7,12H,4H2,1-3H3,(H,17,20)(H,16,18,19)/t12-/m1/s1. The Kier molecular flexibility index (Phi) is 4.39. The summed E-state index contributed by atoms with van der Waals surface area (Å²) < 4.78 is 0. The second-order valence-corrected chi connectivity index (χ2v) is 5.17. The Morgan fingerprint density at radius 3 is 2.70 bits per heavy atom. The molecule has 5 nitrogen and oxygen atoms in total. The molecule has 6 heteroatoms. The van der Waals surface area contributed by atoms with Gasteiger partial charge in [0.1, 0.15) is 5.82 Å². The molecule has 1 atom stereocenters. The summed E-state index contributed by atoms with van der Waals surface area (Å²) in [7, 11) is 0. The Morgan fingerprint density at radius 1 is 1.40 bits per heavy atom. The van der Waals surface area contributed by atoms with Crippen LogP contribution >= 0.6 is 11.6 Å². The van der Waals surface area contributed by atoms with Gasteiger partial charge in [-0.25, -0.2) is 4.98 Å². The Labute approximate surface area is 122 Å². The average molecular weight is 293 g/mol. The Hall–Kier alpha value is -1.88. The van der Waals surface area contributed by atoms with Crippen LogP contribution in [0.15, 0.2) is 18.2 Å². The lowest BCUT2D eigenvalue weighted by molar-refractivity contribution is 0.0933. The Bertz CT molecular complexity index is 603. The van der Waals surface area contributed by atoms with E-state index in [-0.39, 0.29) is 11.9 Å². The summed E-state index contributed by atoms with van der Waals surface area (Å²) in [6.07, 6.45) is 0.711. The van der Waals surface area contributed by atoms with Crippen molar-refractivity contribution in [2.75, 3.05) is 0 Å². The monoisotopic (exact) mass is 292 g/mol. The van der Waals surface area contributed by atoms with Gasteiger partial charge >= 0.3 is 0 Å². The Morgan fingerprint density at radius 2 is 2.15 bits per heavy atom. The van der Waals surface area contributed by atoms with Gasteiger partial charge in [-0.15, -0.1) is 0 Å². The van der Waals surface area contributed by atoms with Gasteiger partial charge in [-0.05, 0) is 44.0 Å². The van der Waals surface area contributed by atoms with Crippen molar-refractivity contribution in [2.24, 2.45) is 0 Å². The third-order valence-electron chi connectivity index (χ3n) is 2.94. The van der Waals surface area contributed by atoms with E-state index in [4.69, 9.17) is 11.6 Å². The first kappa shape index (κ1) is 14.5. The number of aryl methyl sites for hydroxylation is 2. The van der Waals surface area contributed by atoms with Crippen LogP contribution in [0.3, 0.4) is 0 Å². The van der Waals surface area contributed by atoms with Crippen LogP contribution in [0, 0.1) is 13.8 Å². The normalized spacial score (nSPS) is 12.2. The molecule has 0 saturated carbocycles. The molecule has 2 rings (SSSR count). The van der Waals surface area contributed by atoms with E-state index in [1.807, 2.05) is 26.8 Å². The van der Waals surface area contributed by atoms with E-state index >= 15 is 0 Å². The van der Waals surface area contributed by atoms with Gasteiger partial charge in [0.25, 0.3) is 5.91 Å². The van der Waals surface area contributed by atoms with Crippen LogP contribution in [0.5, 0.6) is 0 Å². The molecule has 1 heterocycles. The van der Waals surface area contributed by atoms with Gasteiger partial charge in [-0.1, -0.05) is 18.5 Å². The lowest BCUT2D eigenvalue weighted by Gasteiger charge is -2.14. The predicted molar refractivity (Wildman–Crippen MR) is 77.8 cm³/mol.